The molecule has 7 heteroatoms. The molecule has 0 atom stereocenters. The van der Waals surface area contributed by atoms with Crippen LogP contribution in [0.5, 0.6) is 5.88 Å². The molecule has 31 heavy (non-hydrogen) atoms. The van der Waals surface area contributed by atoms with Crippen LogP contribution in [0.1, 0.15) is 29.0 Å². The van der Waals surface area contributed by atoms with Gasteiger partial charge < -0.3 is 14.8 Å². The van der Waals surface area contributed by atoms with Crippen LogP contribution in [0.3, 0.4) is 0 Å². The van der Waals surface area contributed by atoms with Crippen LogP contribution in [-0.4, -0.2) is 36.3 Å². The van der Waals surface area contributed by atoms with E-state index in [1.165, 1.54) is 29.4 Å². The van der Waals surface area contributed by atoms with E-state index in [-0.39, 0.29) is 11.2 Å². The van der Waals surface area contributed by atoms with Gasteiger partial charge in [-0.15, -0.1) is 0 Å². The van der Waals surface area contributed by atoms with Crippen LogP contribution in [0, 0.1) is 0 Å². The topological polar surface area (TPSA) is 73.3 Å². The Kier molecular flexibility index (Phi) is 6.48. The Hall–Kier alpha value is -3.38. The summed E-state index contributed by atoms with van der Waals surface area (Å²) in [6.45, 7) is 0.749. The lowest BCUT2D eigenvalue weighted by molar-refractivity contribution is 0.143. The van der Waals surface area contributed by atoms with Crippen LogP contribution in [0.15, 0.2) is 60.8 Å². The van der Waals surface area contributed by atoms with Gasteiger partial charge in [0.25, 0.3) is 0 Å². The standard InChI is InChI=1S/C24H22ClN3O3/c1-30-22-16(14-27-23(25)28-22)8-6-7-13-26-24(29)31-15-21-19-11-4-2-9-17(19)18-10-3-5-12-20(18)21/h2-6,8-12,14,21H,7,13,15H2,1H3,(H,26,29). The number of carbonyl (C=O) groups excluding carboxylic acids is 1. The molecular formula is C24H22ClN3O3. The second kappa shape index (κ2) is 9.62. The van der Waals surface area contributed by atoms with Gasteiger partial charge in [-0.3, -0.25) is 0 Å². The number of hydrogen-bond acceptors (Lipinski definition) is 5. The van der Waals surface area contributed by atoms with E-state index in [0.29, 0.717) is 31.0 Å². The summed E-state index contributed by atoms with van der Waals surface area (Å²) in [5.41, 5.74) is 5.52. The van der Waals surface area contributed by atoms with Gasteiger partial charge in [-0.25, -0.2) is 9.78 Å². The molecule has 1 aliphatic carbocycles. The molecule has 0 aliphatic heterocycles. The monoisotopic (exact) mass is 435 g/mol. The van der Waals surface area contributed by atoms with Crippen LogP contribution in [-0.2, 0) is 4.74 Å². The van der Waals surface area contributed by atoms with Crippen LogP contribution in [0.2, 0.25) is 5.28 Å². The van der Waals surface area contributed by atoms with Gasteiger partial charge in [-0.1, -0.05) is 60.7 Å². The molecule has 3 aromatic rings. The highest BCUT2D eigenvalue weighted by Crippen LogP contribution is 2.44. The number of aromatic nitrogens is 2. The van der Waals surface area contributed by atoms with Gasteiger partial charge in [0.05, 0.1) is 12.7 Å². The third-order valence-corrected chi connectivity index (χ3v) is 5.35. The van der Waals surface area contributed by atoms with E-state index >= 15 is 0 Å². The number of nitrogens with one attached hydrogen (secondary N) is 1. The largest absolute Gasteiger partial charge is 0.480 e. The third-order valence-electron chi connectivity index (χ3n) is 5.17. The lowest BCUT2D eigenvalue weighted by Gasteiger charge is -2.14. The maximum atomic E-state index is 12.2. The number of alkyl carbamates (subject to hydrolysis) is 1. The molecule has 1 amide bonds. The zero-order valence-corrected chi connectivity index (χ0v) is 17.8. The van der Waals surface area contributed by atoms with Crippen molar-refractivity contribution in [3.05, 3.63) is 82.8 Å². The van der Waals surface area contributed by atoms with Gasteiger partial charge in [-0.05, 0) is 40.3 Å². The van der Waals surface area contributed by atoms with E-state index in [4.69, 9.17) is 21.1 Å². The number of carbonyl (C=O) groups is 1. The van der Waals surface area contributed by atoms with E-state index in [1.807, 2.05) is 36.4 Å². The highest BCUT2D eigenvalue weighted by Gasteiger charge is 2.28. The molecule has 0 spiro atoms. The molecule has 6 nitrogen and oxygen atoms in total. The van der Waals surface area contributed by atoms with E-state index in [1.54, 1.807) is 6.20 Å². The molecule has 158 valence electrons. The summed E-state index contributed by atoms with van der Waals surface area (Å²) in [5, 5.41) is 2.91. The minimum Gasteiger partial charge on any atom is -0.480 e. The number of rotatable bonds is 7. The van der Waals surface area contributed by atoms with Crippen molar-refractivity contribution in [3.8, 4) is 17.0 Å². The number of ether oxygens (including phenoxy) is 2. The number of halogens is 1. The minimum absolute atomic E-state index is 0.0513. The number of amides is 1. The normalized spacial score (nSPS) is 12.5. The van der Waals surface area contributed by atoms with Gasteiger partial charge in [0.2, 0.25) is 11.2 Å². The fourth-order valence-corrected chi connectivity index (χ4v) is 3.88. The SMILES string of the molecule is COc1nc(Cl)ncc1C=CCCNC(=O)OCC1c2ccccc2-c2ccccc21. The maximum absolute atomic E-state index is 12.2. The van der Waals surface area contributed by atoms with Crippen LogP contribution < -0.4 is 10.1 Å². The maximum Gasteiger partial charge on any atom is 0.407 e. The summed E-state index contributed by atoms with van der Waals surface area (Å²) < 4.78 is 10.7. The number of hydrogen-bond donors (Lipinski definition) is 1. The molecule has 0 bridgehead atoms. The third kappa shape index (κ3) is 4.70. The molecule has 1 heterocycles. The lowest BCUT2D eigenvalue weighted by atomic mass is 9.98. The van der Waals surface area contributed by atoms with Crippen molar-refractivity contribution in [3.63, 3.8) is 0 Å². The van der Waals surface area contributed by atoms with Crippen molar-refractivity contribution in [2.75, 3.05) is 20.3 Å². The van der Waals surface area contributed by atoms with Crippen molar-refractivity contribution in [2.24, 2.45) is 0 Å². The molecule has 0 unspecified atom stereocenters. The fourth-order valence-electron chi connectivity index (χ4n) is 3.75. The predicted octanol–water partition coefficient (Wildman–Crippen LogP) is 5.08. The van der Waals surface area contributed by atoms with Crippen molar-refractivity contribution < 1.29 is 14.3 Å². The molecule has 2 aromatic carbocycles. The first-order chi connectivity index (χ1) is 15.2. The van der Waals surface area contributed by atoms with Gasteiger partial charge >= 0.3 is 6.09 Å². The first-order valence-corrected chi connectivity index (χ1v) is 10.4. The summed E-state index contributed by atoms with van der Waals surface area (Å²) in [7, 11) is 1.52. The van der Waals surface area contributed by atoms with E-state index < -0.39 is 6.09 Å². The van der Waals surface area contributed by atoms with Crippen molar-refractivity contribution in [1.82, 2.24) is 15.3 Å². The Morgan fingerprint density at radius 3 is 2.48 bits per heavy atom. The number of benzene rings is 2. The molecule has 1 aliphatic rings. The molecule has 4 rings (SSSR count). The molecule has 0 saturated carbocycles. The molecule has 0 fully saturated rings. The summed E-state index contributed by atoms with van der Waals surface area (Å²) in [6.07, 6.45) is 5.51. The molecule has 1 N–H and O–H groups in total. The summed E-state index contributed by atoms with van der Waals surface area (Å²) in [4.78, 5) is 20.1. The molecule has 0 radical (unpaired) electrons. The lowest BCUT2D eigenvalue weighted by Crippen LogP contribution is -2.26. The van der Waals surface area contributed by atoms with Crippen molar-refractivity contribution >= 4 is 23.8 Å². The smallest absolute Gasteiger partial charge is 0.407 e. The number of nitrogens with zero attached hydrogens (tertiary/aromatic N) is 2. The second-order valence-corrected chi connectivity index (χ2v) is 7.39. The van der Waals surface area contributed by atoms with Crippen LogP contribution in [0.25, 0.3) is 17.2 Å². The van der Waals surface area contributed by atoms with Crippen LogP contribution >= 0.6 is 11.6 Å². The average Bonchev–Trinajstić information content (AvgIpc) is 3.12. The first kappa shape index (κ1) is 20.9. The number of fused-ring (bicyclic) bond motifs is 3. The number of methoxy groups -OCH3 is 1. The van der Waals surface area contributed by atoms with Crippen LogP contribution in [0.4, 0.5) is 4.79 Å². The highest BCUT2D eigenvalue weighted by atomic mass is 35.5. The van der Waals surface area contributed by atoms with Gasteiger partial charge in [-0.2, -0.15) is 4.98 Å². The summed E-state index contributed by atoms with van der Waals surface area (Å²) in [5.74, 6) is 0.455. The predicted molar refractivity (Wildman–Crippen MR) is 120 cm³/mol. The Morgan fingerprint density at radius 1 is 1.13 bits per heavy atom. The zero-order valence-electron chi connectivity index (χ0n) is 17.0. The Labute approximate surface area is 185 Å². The van der Waals surface area contributed by atoms with E-state index in [9.17, 15) is 4.79 Å². The van der Waals surface area contributed by atoms with Crippen molar-refractivity contribution in [1.29, 1.82) is 0 Å². The minimum atomic E-state index is -0.428. The van der Waals surface area contributed by atoms with Gasteiger partial charge in [0.1, 0.15) is 6.61 Å². The summed E-state index contributed by atoms with van der Waals surface area (Å²) >= 11 is 5.76. The van der Waals surface area contributed by atoms with E-state index in [2.05, 4.69) is 39.6 Å². The average molecular weight is 436 g/mol. The molecule has 0 saturated heterocycles. The quantitative estimate of drug-likeness (QED) is 0.413. The summed E-state index contributed by atoms with van der Waals surface area (Å²) in [6, 6.07) is 16.5. The molecule has 1 aromatic heterocycles. The molecular weight excluding hydrogens is 414 g/mol. The zero-order chi connectivity index (χ0) is 21.6. The van der Waals surface area contributed by atoms with Gasteiger partial charge in [0.15, 0.2) is 0 Å². The second-order valence-electron chi connectivity index (χ2n) is 7.05. The Bertz CT molecular complexity index is 1070. The fraction of sp³-hybridized carbons (Fsp3) is 0.208. The highest BCUT2D eigenvalue weighted by molar-refractivity contribution is 6.28. The van der Waals surface area contributed by atoms with E-state index in [0.717, 1.165) is 0 Å². The first-order valence-electron chi connectivity index (χ1n) is 9.99. The van der Waals surface area contributed by atoms with Crippen molar-refractivity contribution in [2.45, 2.75) is 12.3 Å². The Balaban J connectivity index is 1.28. The Morgan fingerprint density at radius 2 is 1.81 bits per heavy atom. The van der Waals surface area contributed by atoms with Gasteiger partial charge in [0, 0.05) is 18.7 Å².